The predicted molar refractivity (Wildman–Crippen MR) is 68.8 cm³/mol. The number of anilines is 2. The largest absolute Gasteiger partial charge is 0.376 e. The van der Waals surface area contributed by atoms with Crippen LogP contribution >= 0.6 is 0 Å². The minimum absolute atomic E-state index is 0.134. The van der Waals surface area contributed by atoms with Crippen molar-refractivity contribution in [2.24, 2.45) is 0 Å². The van der Waals surface area contributed by atoms with Crippen molar-refractivity contribution < 1.29 is 4.74 Å². The molecule has 8 heteroatoms. The summed E-state index contributed by atoms with van der Waals surface area (Å²) >= 11 is 0. The van der Waals surface area contributed by atoms with Crippen LogP contribution in [0.3, 0.4) is 0 Å². The standard InChI is InChI=1S/C11H15N7O/c1-7-8(2-5-19-7)14-10-15-9(12)16-11(17-10)18-4-3-13-6-18/h3-4,6-8H,2,5H2,1H3,(H3,12,14,15,16,17). The molecule has 1 fully saturated rings. The van der Waals surface area contributed by atoms with E-state index in [9.17, 15) is 0 Å². The predicted octanol–water partition coefficient (Wildman–Crippen LogP) is 0.229. The fourth-order valence-corrected chi connectivity index (χ4v) is 2.03. The highest BCUT2D eigenvalue weighted by atomic mass is 16.5. The second-order valence-corrected chi connectivity index (χ2v) is 4.40. The van der Waals surface area contributed by atoms with Gasteiger partial charge in [-0.15, -0.1) is 0 Å². The SMILES string of the molecule is CC1OCCC1Nc1nc(N)nc(-n2ccnc2)n1. The average Bonchev–Trinajstić information content (AvgIpc) is 3.01. The van der Waals surface area contributed by atoms with Crippen molar-refractivity contribution in [2.75, 3.05) is 17.7 Å². The van der Waals surface area contributed by atoms with Crippen LogP contribution in [-0.4, -0.2) is 43.3 Å². The van der Waals surface area contributed by atoms with Gasteiger partial charge in [0.25, 0.3) is 0 Å². The van der Waals surface area contributed by atoms with Gasteiger partial charge in [-0.1, -0.05) is 0 Å². The summed E-state index contributed by atoms with van der Waals surface area (Å²) in [4.78, 5) is 16.5. The first-order valence-electron chi connectivity index (χ1n) is 6.10. The van der Waals surface area contributed by atoms with E-state index in [0.717, 1.165) is 13.0 Å². The highest BCUT2D eigenvalue weighted by Gasteiger charge is 2.25. The number of nitrogens with zero attached hydrogens (tertiary/aromatic N) is 5. The molecule has 19 heavy (non-hydrogen) atoms. The van der Waals surface area contributed by atoms with Crippen LogP contribution in [0.1, 0.15) is 13.3 Å². The molecule has 3 N–H and O–H groups in total. The first-order chi connectivity index (χ1) is 9.22. The Kier molecular flexibility index (Phi) is 3.00. The van der Waals surface area contributed by atoms with Crippen molar-refractivity contribution in [3.63, 3.8) is 0 Å². The fourth-order valence-electron chi connectivity index (χ4n) is 2.03. The highest BCUT2D eigenvalue weighted by molar-refractivity contribution is 5.36. The smallest absolute Gasteiger partial charge is 0.241 e. The Balaban J connectivity index is 1.85. The maximum absolute atomic E-state index is 5.71. The number of hydrogen-bond acceptors (Lipinski definition) is 7. The molecule has 3 rings (SSSR count). The Morgan fingerprint density at radius 2 is 2.32 bits per heavy atom. The van der Waals surface area contributed by atoms with Gasteiger partial charge in [-0.2, -0.15) is 15.0 Å². The molecule has 8 nitrogen and oxygen atoms in total. The van der Waals surface area contributed by atoms with Gasteiger partial charge in [-0.25, -0.2) is 4.98 Å². The summed E-state index contributed by atoms with van der Waals surface area (Å²) in [6.07, 6.45) is 6.07. The van der Waals surface area contributed by atoms with Gasteiger partial charge in [0.2, 0.25) is 17.8 Å². The van der Waals surface area contributed by atoms with Crippen LogP contribution in [0.4, 0.5) is 11.9 Å². The second kappa shape index (κ2) is 4.81. The summed E-state index contributed by atoms with van der Waals surface area (Å²) in [5.41, 5.74) is 5.71. The van der Waals surface area contributed by atoms with Gasteiger partial charge in [0, 0.05) is 19.0 Å². The molecule has 3 heterocycles. The molecular formula is C11H15N7O. The second-order valence-electron chi connectivity index (χ2n) is 4.40. The molecule has 2 aromatic heterocycles. The summed E-state index contributed by atoms with van der Waals surface area (Å²) < 4.78 is 7.17. The average molecular weight is 261 g/mol. The molecular weight excluding hydrogens is 246 g/mol. The van der Waals surface area contributed by atoms with Crippen molar-refractivity contribution in [3.05, 3.63) is 18.7 Å². The third-order valence-corrected chi connectivity index (χ3v) is 3.07. The van der Waals surface area contributed by atoms with Crippen LogP contribution < -0.4 is 11.1 Å². The number of ether oxygens (including phenoxy) is 1. The van der Waals surface area contributed by atoms with Crippen LogP contribution in [0.5, 0.6) is 0 Å². The van der Waals surface area contributed by atoms with Crippen molar-refractivity contribution in [1.82, 2.24) is 24.5 Å². The molecule has 0 spiro atoms. The highest BCUT2D eigenvalue weighted by Crippen LogP contribution is 2.17. The molecule has 0 bridgehead atoms. The molecule has 2 unspecified atom stereocenters. The van der Waals surface area contributed by atoms with E-state index >= 15 is 0 Å². The Morgan fingerprint density at radius 3 is 3.00 bits per heavy atom. The number of nitrogens with one attached hydrogen (secondary N) is 1. The van der Waals surface area contributed by atoms with Crippen LogP contribution in [0.25, 0.3) is 5.95 Å². The Labute approximate surface area is 110 Å². The normalized spacial score (nSPS) is 22.6. The summed E-state index contributed by atoms with van der Waals surface area (Å²) in [7, 11) is 0. The van der Waals surface area contributed by atoms with Crippen molar-refractivity contribution in [3.8, 4) is 5.95 Å². The lowest BCUT2D eigenvalue weighted by atomic mass is 10.2. The van der Waals surface area contributed by atoms with E-state index in [1.807, 2.05) is 6.92 Å². The third kappa shape index (κ3) is 2.48. The van der Waals surface area contributed by atoms with E-state index in [0.29, 0.717) is 11.9 Å². The van der Waals surface area contributed by atoms with Gasteiger partial charge in [-0.05, 0) is 13.3 Å². The Bertz CT molecular complexity index is 556. The van der Waals surface area contributed by atoms with Crippen LogP contribution in [-0.2, 0) is 4.74 Å². The topological polar surface area (TPSA) is 104 Å². The lowest BCUT2D eigenvalue weighted by molar-refractivity contribution is 0.121. The first-order valence-corrected chi connectivity index (χ1v) is 6.10. The summed E-state index contributed by atoms with van der Waals surface area (Å²) in [6, 6.07) is 0.192. The zero-order chi connectivity index (χ0) is 13.2. The molecule has 1 saturated heterocycles. The van der Waals surface area contributed by atoms with Gasteiger partial charge in [0.05, 0.1) is 12.1 Å². The zero-order valence-corrected chi connectivity index (χ0v) is 10.5. The molecule has 2 aromatic rings. The van der Waals surface area contributed by atoms with Gasteiger partial charge in [0.15, 0.2) is 0 Å². The number of nitrogens with two attached hydrogens (primary N) is 1. The lowest BCUT2D eigenvalue weighted by Crippen LogP contribution is -2.28. The minimum Gasteiger partial charge on any atom is -0.376 e. The molecule has 100 valence electrons. The van der Waals surface area contributed by atoms with Crippen LogP contribution in [0.15, 0.2) is 18.7 Å². The van der Waals surface area contributed by atoms with E-state index < -0.39 is 0 Å². The third-order valence-electron chi connectivity index (χ3n) is 3.07. The number of aromatic nitrogens is 5. The summed E-state index contributed by atoms with van der Waals surface area (Å²) in [6.45, 7) is 2.76. The van der Waals surface area contributed by atoms with E-state index in [1.165, 1.54) is 0 Å². The summed E-state index contributed by atoms with van der Waals surface area (Å²) in [5, 5.41) is 3.23. The van der Waals surface area contributed by atoms with Gasteiger partial charge in [-0.3, -0.25) is 4.57 Å². The van der Waals surface area contributed by atoms with Crippen molar-refractivity contribution in [1.29, 1.82) is 0 Å². The number of hydrogen-bond donors (Lipinski definition) is 2. The van der Waals surface area contributed by atoms with Crippen LogP contribution in [0, 0.1) is 0 Å². The maximum atomic E-state index is 5.71. The minimum atomic E-state index is 0.134. The molecule has 0 saturated carbocycles. The van der Waals surface area contributed by atoms with Crippen molar-refractivity contribution >= 4 is 11.9 Å². The van der Waals surface area contributed by atoms with Gasteiger partial charge < -0.3 is 15.8 Å². The number of imidazole rings is 1. The fraction of sp³-hybridized carbons (Fsp3) is 0.455. The van der Waals surface area contributed by atoms with Gasteiger partial charge in [0.1, 0.15) is 6.33 Å². The van der Waals surface area contributed by atoms with Gasteiger partial charge >= 0.3 is 0 Å². The molecule has 0 radical (unpaired) electrons. The first kappa shape index (κ1) is 11.8. The molecule has 0 amide bonds. The Hall–Kier alpha value is -2.22. The molecule has 1 aliphatic heterocycles. The van der Waals surface area contributed by atoms with E-state index in [2.05, 4.69) is 25.3 Å². The van der Waals surface area contributed by atoms with E-state index in [1.54, 1.807) is 23.3 Å². The lowest BCUT2D eigenvalue weighted by Gasteiger charge is -2.16. The number of rotatable bonds is 3. The molecule has 1 aliphatic rings. The summed E-state index contributed by atoms with van der Waals surface area (Å²) in [5.74, 6) is 1.07. The van der Waals surface area contributed by atoms with Crippen molar-refractivity contribution in [2.45, 2.75) is 25.5 Å². The monoisotopic (exact) mass is 261 g/mol. The number of nitrogen functional groups attached to an aromatic ring is 1. The molecule has 0 aromatic carbocycles. The molecule has 0 aliphatic carbocycles. The Morgan fingerprint density at radius 1 is 1.42 bits per heavy atom. The van der Waals surface area contributed by atoms with E-state index in [-0.39, 0.29) is 18.1 Å². The maximum Gasteiger partial charge on any atom is 0.241 e. The molecule has 2 atom stereocenters. The van der Waals surface area contributed by atoms with E-state index in [4.69, 9.17) is 10.5 Å². The quantitative estimate of drug-likeness (QED) is 0.814. The zero-order valence-electron chi connectivity index (χ0n) is 10.5. The van der Waals surface area contributed by atoms with Crippen LogP contribution in [0.2, 0.25) is 0 Å².